The summed E-state index contributed by atoms with van der Waals surface area (Å²) in [6, 6.07) is 1.25. The van der Waals surface area contributed by atoms with Crippen LogP contribution in [0, 0.1) is 5.41 Å². The Morgan fingerprint density at radius 1 is 1.17 bits per heavy atom. The molecule has 2 heterocycles. The summed E-state index contributed by atoms with van der Waals surface area (Å²) in [5, 5.41) is 3.23. The van der Waals surface area contributed by atoms with E-state index in [1.807, 2.05) is 0 Å². The number of amides is 1. The minimum atomic E-state index is 0. The standard InChI is InChI=1S/C16H30N4O.2ClH/c1-16(11-17)6-9-19(12-16)10-15(21)18-13-4-7-20(8-5-13)14-2-3-14;;/h13-14H,2-12,17H2,1H3,(H,18,21);2*1H. The summed E-state index contributed by atoms with van der Waals surface area (Å²) in [6.45, 7) is 7.75. The first kappa shape index (κ1) is 21.0. The quantitative estimate of drug-likeness (QED) is 0.768. The maximum Gasteiger partial charge on any atom is 0.234 e. The molecule has 136 valence electrons. The fourth-order valence-electron chi connectivity index (χ4n) is 3.75. The van der Waals surface area contributed by atoms with Gasteiger partial charge in [-0.3, -0.25) is 9.69 Å². The van der Waals surface area contributed by atoms with Crippen LogP contribution in [-0.4, -0.2) is 67.1 Å². The van der Waals surface area contributed by atoms with Crippen molar-refractivity contribution < 1.29 is 4.79 Å². The molecule has 0 radical (unpaired) electrons. The number of piperidine rings is 1. The third-order valence-electron chi connectivity index (χ3n) is 5.45. The highest BCUT2D eigenvalue weighted by molar-refractivity contribution is 5.85. The highest BCUT2D eigenvalue weighted by Crippen LogP contribution is 2.29. The Labute approximate surface area is 152 Å². The number of likely N-dealkylation sites (tertiary alicyclic amines) is 2. The smallest absolute Gasteiger partial charge is 0.234 e. The molecule has 0 aromatic carbocycles. The summed E-state index contributed by atoms with van der Waals surface area (Å²) in [7, 11) is 0. The van der Waals surface area contributed by atoms with Gasteiger partial charge in [-0.2, -0.15) is 0 Å². The summed E-state index contributed by atoms with van der Waals surface area (Å²) in [5.41, 5.74) is 6.03. The van der Waals surface area contributed by atoms with Crippen LogP contribution in [0.4, 0.5) is 0 Å². The van der Waals surface area contributed by atoms with Gasteiger partial charge in [-0.05, 0) is 50.6 Å². The van der Waals surface area contributed by atoms with E-state index in [9.17, 15) is 4.79 Å². The minimum absolute atomic E-state index is 0. The Morgan fingerprint density at radius 3 is 2.35 bits per heavy atom. The van der Waals surface area contributed by atoms with E-state index in [1.165, 1.54) is 12.8 Å². The zero-order valence-corrected chi connectivity index (χ0v) is 15.8. The van der Waals surface area contributed by atoms with E-state index < -0.39 is 0 Å². The first-order valence-corrected chi connectivity index (χ1v) is 8.54. The molecular weight excluding hydrogens is 335 g/mol. The third kappa shape index (κ3) is 5.75. The molecule has 1 amide bonds. The normalized spacial score (nSPS) is 29.7. The van der Waals surface area contributed by atoms with E-state index in [0.717, 1.165) is 51.5 Å². The lowest BCUT2D eigenvalue weighted by Gasteiger charge is -2.32. The van der Waals surface area contributed by atoms with Gasteiger partial charge in [0.25, 0.3) is 0 Å². The number of hydrogen-bond donors (Lipinski definition) is 2. The fourth-order valence-corrected chi connectivity index (χ4v) is 3.75. The molecule has 0 aromatic rings. The molecule has 0 spiro atoms. The van der Waals surface area contributed by atoms with Gasteiger partial charge in [0.15, 0.2) is 0 Å². The van der Waals surface area contributed by atoms with Crippen LogP contribution in [-0.2, 0) is 4.79 Å². The lowest BCUT2D eigenvalue weighted by Crippen LogP contribution is -2.47. The Bertz CT molecular complexity index is 386. The lowest BCUT2D eigenvalue weighted by atomic mass is 9.90. The van der Waals surface area contributed by atoms with Crippen molar-refractivity contribution in [3.63, 3.8) is 0 Å². The predicted molar refractivity (Wildman–Crippen MR) is 98.5 cm³/mol. The van der Waals surface area contributed by atoms with Crippen molar-refractivity contribution >= 4 is 30.7 Å². The molecule has 5 nitrogen and oxygen atoms in total. The van der Waals surface area contributed by atoms with E-state index in [1.54, 1.807) is 0 Å². The zero-order valence-electron chi connectivity index (χ0n) is 14.1. The van der Waals surface area contributed by atoms with E-state index in [-0.39, 0.29) is 36.1 Å². The predicted octanol–water partition coefficient (Wildman–Crippen LogP) is 1.24. The van der Waals surface area contributed by atoms with Crippen molar-refractivity contribution in [2.45, 2.75) is 51.1 Å². The fraction of sp³-hybridized carbons (Fsp3) is 0.938. The summed E-state index contributed by atoms with van der Waals surface area (Å²) in [4.78, 5) is 17.0. The number of carbonyl (C=O) groups is 1. The van der Waals surface area contributed by atoms with Gasteiger partial charge in [0, 0.05) is 31.7 Å². The summed E-state index contributed by atoms with van der Waals surface area (Å²) >= 11 is 0. The molecule has 0 aromatic heterocycles. The van der Waals surface area contributed by atoms with Crippen LogP contribution in [0.2, 0.25) is 0 Å². The summed E-state index contributed by atoms with van der Waals surface area (Å²) < 4.78 is 0. The van der Waals surface area contributed by atoms with Crippen molar-refractivity contribution in [2.75, 3.05) is 39.3 Å². The van der Waals surface area contributed by atoms with Crippen LogP contribution in [0.5, 0.6) is 0 Å². The van der Waals surface area contributed by atoms with Crippen molar-refractivity contribution in [2.24, 2.45) is 11.1 Å². The second-order valence-electron chi connectivity index (χ2n) is 7.58. The lowest BCUT2D eigenvalue weighted by molar-refractivity contribution is -0.123. The van der Waals surface area contributed by atoms with Crippen LogP contribution < -0.4 is 11.1 Å². The van der Waals surface area contributed by atoms with Gasteiger partial charge in [0.1, 0.15) is 0 Å². The molecule has 1 saturated carbocycles. The Kier molecular flexibility index (Phi) is 8.08. The molecule has 3 aliphatic rings. The van der Waals surface area contributed by atoms with Gasteiger partial charge < -0.3 is 16.0 Å². The number of nitrogens with one attached hydrogen (secondary N) is 1. The van der Waals surface area contributed by atoms with E-state index in [4.69, 9.17) is 5.73 Å². The minimum Gasteiger partial charge on any atom is -0.352 e. The Balaban J connectivity index is 0.00000132. The van der Waals surface area contributed by atoms with Crippen LogP contribution >= 0.6 is 24.8 Å². The van der Waals surface area contributed by atoms with Crippen LogP contribution in [0.1, 0.15) is 39.0 Å². The largest absolute Gasteiger partial charge is 0.352 e. The van der Waals surface area contributed by atoms with Gasteiger partial charge in [-0.1, -0.05) is 6.92 Å². The monoisotopic (exact) mass is 366 g/mol. The van der Waals surface area contributed by atoms with Crippen molar-refractivity contribution in [3.8, 4) is 0 Å². The number of hydrogen-bond acceptors (Lipinski definition) is 4. The molecule has 7 heteroatoms. The number of nitrogens with zero attached hydrogens (tertiary/aromatic N) is 2. The van der Waals surface area contributed by atoms with Gasteiger partial charge >= 0.3 is 0 Å². The van der Waals surface area contributed by atoms with Gasteiger partial charge in [-0.25, -0.2) is 0 Å². The molecule has 3 rings (SSSR count). The first-order valence-electron chi connectivity index (χ1n) is 8.54. The average Bonchev–Trinajstić information content (AvgIpc) is 3.25. The second-order valence-corrected chi connectivity index (χ2v) is 7.58. The summed E-state index contributed by atoms with van der Waals surface area (Å²) in [6.07, 6.45) is 6.10. The van der Waals surface area contributed by atoms with Gasteiger partial charge in [0.2, 0.25) is 5.91 Å². The zero-order chi connectivity index (χ0) is 14.9. The van der Waals surface area contributed by atoms with Gasteiger partial charge in [0.05, 0.1) is 6.54 Å². The van der Waals surface area contributed by atoms with Crippen molar-refractivity contribution in [1.82, 2.24) is 15.1 Å². The maximum absolute atomic E-state index is 12.2. The molecule has 2 aliphatic heterocycles. The second kappa shape index (κ2) is 8.86. The van der Waals surface area contributed by atoms with E-state index in [2.05, 4.69) is 22.0 Å². The van der Waals surface area contributed by atoms with Crippen molar-refractivity contribution in [1.29, 1.82) is 0 Å². The third-order valence-corrected chi connectivity index (χ3v) is 5.45. The highest BCUT2D eigenvalue weighted by atomic mass is 35.5. The topological polar surface area (TPSA) is 61.6 Å². The maximum atomic E-state index is 12.2. The molecular formula is C16H32Cl2N4O. The van der Waals surface area contributed by atoms with E-state index in [0.29, 0.717) is 19.1 Å². The number of rotatable bonds is 5. The van der Waals surface area contributed by atoms with Crippen LogP contribution in [0.3, 0.4) is 0 Å². The SMILES string of the molecule is CC1(CN)CCN(CC(=O)NC2CCN(C3CC3)CC2)C1.Cl.Cl. The summed E-state index contributed by atoms with van der Waals surface area (Å²) in [5.74, 6) is 0.196. The average molecular weight is 367 g/mol. The van der Waals surface area contributed by atoms with Gasteiger partial charge in [-0.15, -0.1) is 24.8 Å². The molecule has 3 fully saturated rings. The number of halogens is 2. The van der Waals surface area contributed by atoms with Crippen LogP contribution in [0.15, 0.2) is 0 Å². The van der Waals surface area contributed by atoms with Crippen molar-refractivity contribution in [3.05, 3.63) is 0 Å². The molecule has 23 heavy (non-hydrogen) atoms. The Hall–Kier alpha value is -0.0700. The molecule has 3 N–H and O–H groups in total. The molecule has 1 atom stereocenters. The van der Waals surface area contributed by atoms with Crippen LogP contribution in [0.25, 0.3) is 0 Å². The molecule has 1 unspecified atom stereocenters. The Morgan fingerprint density at radius 2 is 1.83 bits per heavy atom. The molecule has 1 aliphatic carbocycles. The number of nitrogens with two attached hydrogens (primary N) is 1. The molecule has 0 bridgehead atoms. The molecule has 2 saturated heterocycles. The highest BCUT2D eigenvalue weighted by Gasteiger charge is 2.34. The first-order chi connectivity index (χ1) is 10.1. The van der Waals surface area contributed by atoms with E-state index >= 15 is 0 Å². The number of carbonyl (C=O) groups excluding carboxylic acids is 1.